The Morgan fingerprint density at radius 3 is 2.81 bits per heavy atom. The van der Waals surface area contributed by atoms with E-state index in [2.05, 4.69) is 14.9 Å². The molecule has 1 heterocycles. The molecule has 0 aromatic carbocycles. The molecule has 1 aromatic heterocycles. The highest BCUT2D eigenvalue weighted by molar-refractivity contribution is 5.33. The molecule has 0 atom stereocenters. The van der Waals surface area contributed by atoms with Crippen molar-refractivity contribution in [3.63, 3.8) is 0 Å². The maximum absolute atomic E-state index is 8.80. The van der Waals surface area contributed by atoms with Crippen molar-refractivity contribution in [1.82, 2.24) is 9.97 Å². The average Bonchev–Trinajstić information content (AvgIpc) is 2.39. The lowest BCUT2D eigenvalue weighted by Gasteiger charge is -2.31. The molecular formula is C12H16N4. The van der Waals surface area contributed by atoms with Crippen LogP contribution in [0, 0.1) is 11.3 Å². The van der Waals surface area contributed by atoms with Gasteiger partial charge in [0.25, 0.3) is 0 Å². The SMILES string of the molecule is CN(c1nccc(C#N)n1)C1CCCCC1. The molecule has 4 nitrogen and oxygen atoms in total. The molecule has 0 N–H and O–H groups in total. The van der Waals surface area contributed by atoms with Crippen molar-refractivity contribution >= 4 is 5.95 Å². The van der Waals surface area contributed by atoms with Gasteiger partial charge in [0.05, 0.1) is 0 Å². The fourth-order valence-corrected chi connectivity index (χ4v) is 2.21. The Morgan fingerprint density at radius 2 is 2.12 bits per heavy atom. The number of nitrogens with zero attached hydrogens (tertiary/aromatic N) is 4. The molecule has 0 bridgehead atoms. The van der Waals surface area contributed by atoms with Crippen molar-refractivity contribution < 1.29 is 0 Å². The molecule has 0 aliphatic heterocycles. The van der Waals surface area contributed by atoms with Gasteiger partial charge in [-0.15, -0.1) is 0 Å². The number of aromatic nitrogens is 2. The van der Waals surface area contributed by atoms with Crippen LogP contribution in [-0.2, 0) is 0 Å². The lowest BCUT2D eigenvalue weighted by atomic mass is 9.95. The number of rotatable bonds is 2. The number of hydrogen-bond acceptors (Lipinski definition) is 4. The average molecular weight is 216 g/mol. The number of nitriles is 1. The van der Waals surface area contributed by atoms with Gasteiger partial charge in [0.1, 0.15) is 11.8 Å². The second-order valence-corrected chi connectivity index (χ2v) is 4.26. The first-order valence-corrected chi connectivity index (χ1v) is 5.77. The van der Waals surface area contributed by atoms with Gasteiger partial charge in [-0.05, 0) is 18.9 Å². The van der Waals surface area contributed by atoms with E-state index in [1.807, 2.05) is 13.1 Å². The zero-order valence-electron chi connectivity index (χ0n) is 9.56. The maximum atomic E-state index is 8.80. The summed E-state index contributed by atoms with van der Waals surface area (Å²) >= 11 is 0. The van der Waals surface area contributed by atoms with Crippen LogP contribution in [0.2, 0.25) is 0 Å². The van der Waals surface area contributed by atoms with Crippen LogP contribution in [0.3, 0.4) is 0 Å². The van der Waals surface area contributed by atoms with E-state index in [1.54, 1.807) is 12.3 Å². The smallest absolute Gasteiger partial charge is 0.226 e. The van der Waals surface area contributed by atoms with E-state index < -0.39 is 0 Å². The number of hydrogen-bond donors (Lipinski definition) is 0. The fourth-order valence-electron chi connectivity index (χ4n) is 2.21. The normalized spacial score (nSPS) is 16.8. The van der Waals surface area contributed by atoms with Crippen LogP contribution >= 0.6 is 0 Å². The zero-order valence-corrected chi connectivity index (χ0v) is 9.56. The topological polar surface area (TPSA) is 52.8 Å². The first-order valence-electron chi connectivity index (χ1n) is 5.77. The Bertz CT molecular complexity index is 390. The fraction of sp³-hybridized carbons (Fsp3) is 0.583. The molecule has 1 fully saturated rings. The summed E-state index contributed by atoms with van der Waals surface area (Å²) in [6.07, 6.45) is 7.97. The standard InChI is InChI=1S/C12H16N4/c1-16(11-5-3-2-4-6-11)12-14-8-7-10(9-13)15-12/h7-8,11H,2-6H2,1H3. The molecule has 0 unspecified atom stereocenters. The summed E-state index contributed by atoms with van der Waals surface area (Å²) in [5.74, 6) is 0.672. The third-order valence-corrected chi connectivity index (χ3v) is 3.20. The summed E-state index contributed by atoms with van der Waals surface area (Å²) in [5, 5.41) is 8.80. The van der Waals surface area contributed by atoms with Crippen molar-refractivity contribution in [3.05, 3.63) is 18.0 Å². The zero-order chi connectivity index (χ0) is 11.4. The highest BCUT2D eigenvalue weighted by Crippen LogP contribution is 2.23. The highest BCUT2D eigenvalue weighted by atomic mass is 15.2. The lowest BCUT2D eigenvalue weighted by Crippen LogP contribution is -2.34. The molecule has 1 aromatic rings. The van der Waals surface area contributed by atoms with Gasteiger partial charge >= 0.3 is 0 Å². The van der Waals surface area contributed by atoms with Crippen LogP contribution in [0.4, 0.5) is 5.95 Å². The summed E-state index contributed by atoms with van der Waals surface area (Å²) < 4.78 is 0. The minimum Gasteiger partial charge on any atom is -0.341 e. The molecule has 1 aliphatic carbocycles. The molecule has 4 heteroatoms. The summed E-state index contributed by atoms with van der Waals surface area (Å²) in [5.41, 5.74) is 0.438. The van der Waals surface area contributed by atoms with E-state index in [0.717, 1.165) is 0 Å². The van der Waals surface area contributed by atoms with Crippen molar-refractivity contribution in [2.75, 3.05) is 11.9 Å². The molecule has 2 rings (SSSR count). The van der Waals surface area contributed by atoms with Gasteiger partial charge < -0.3 is 4.90 Å². The Labute approximate surface area is 95.9 Å². The van der Waals surface area contributed by atoms with Crippen LogP contribution in [0.5, 0.6) is 0 Å². The Balaban J connectivity index is 2.13. The first-order chi connectivity index (χ1) is 7.81. The Morgan fingerprint density at radius 1 is 1.38 bits per heavy atom. The lowest BCUT2D eigenvalue weighted by molar-refractivity contribution is 0.424. The van der Waals surface area contributed by atoms with E-state index in [-0.39, 0.29) is 0 Å². The highest BCUT2D eigenvalue weighted by Gasteiger charge is 2.19. The van der Waals surface area contributed by atoms with Crippen LogP contribution in [0.15, 0.2) is 12.3 Å². The number of anilines is 1. The predicted molar refractivity (Wildman–Crippen MR) is 62.0 cm³/mol. The molecule has 0 radical (unpaired) electrons. The molecule has 0 spiro atoms. The van der Waals surface area contributed by atoms with E-state index in [9.17, 15) is 0 Å². The Hall–Kier alpha value is -1.63. The monoisotopic (exact) mass is 216 g/mol. The van der Waals surface area contributed by atoms with Gasteiger partial charge in [-0.1, -0.05) is 19.3 Å². The largest absolute Gasteiger partial charge is 0.341 e. The van der Waals surface area contributed by atoms with E-state index in [1.165, 1.54) is 32.1 Å². The summed E-state index contributed by atoms with van der Waals surface area (Å²) in [7, 11) is 2.02. The van der Waals surface area contributed by atoms with Crippen LogP contribution in [0.25, 0.3) is 0 Å². The van der Waals surface area contributed by atoms with Crippen molar-refractivity contribution in [2.24, 2.45) is 0 Å². The van der Waals surface area contributed by atoms with Gasteiger partial charge in [-0.25, -0.2) is 9.97 Å². The third kappa shape index (κ3) is 2.30. The molecule has 1 aliphatic rings. The van der Waals surface area contributed by atoms with Gasteiger partial charge in [0.2, 0.25) is 5.95 Å². The predicted octanol–water partition coefficient (Wildman–Crippen LogP) is 2.12. The van der Waals surface area contributed by atoms with Gasteiger partial charge in [0.15, 0.2) is 0 Å². The molecule has 0 amide bonds. The van der Waals surface area contributed by atoms with Crippen LogP contribution in [-0.4, -0.2) is 23.1 Å². The minimum absolute atomic E-state index is 0.438. The second kappa shape index (κ2) is 4.93. The van der Waals surface area contributed by atoms with Crippen molar-refractivity contribution in [2.45, 2.75) is 38.1 Å². The summed E-state index contributed by atoms with van der Waals surface area (Å²) in [6.45, 7) is 0. The molecule has 16 heavy (non-hydrogen) atoms. The molecule has 0 saturated heterocycles. The summed E-state index contributed by atoms with van der Waals surface area (Å²) in [4.78, 5) is 10.6. The molecular weight excluding hydrogens is 200 g/mol. The maximum Gasteiger partial charge on any atom is 0.226 e. The quantitative estimate of drug-likeness (QED) is 0.759. The van der Waals surface area contributed by atoms with Crippen LogP contribution < -0.4 is 4.90 Å². The van der Waals surface area contributed by atoms with Gasteiger partial charge in [-0.3, -0.25) is 0 Å². The minimum atomic E-state index is 0.438. The van der Waals surface area contributed by atoms with E-state index in [0.29, 0.717) is 17.7 Å². The van der Waals surface area contributed by atoms with Crippen molar-refractivity contribution in [1.29, 1.82) is 5.26 Å². The summed E-state index contributed by atoms with van der Waals surface area (Å²) in [6, 6.07) is 4.21. The molecule has 1 saturated carbocycles. The van der Waals surface area contributed by atoms with E-state index >= 15 is 0 Å². The first kappa shape index (κ1) is 10.9. The van der Waals surface area contributed by atoms with Gasteiger partial charge in [0, 0.05) is 19.3 Å². The second-order valence-electron chi connectivity index (χ2n) is 4.26. The third-order valence-electron chi connectivity index (χ3n) is 3.20. The van der Waals surface area contributed by atoms with Gasteiger partial charge in [-0.2, -0.15) is 5.26 Å². The van der Waals surface area contributed by atoms with E-state index in [4.69, 9.17) is 5.26 Å². The van der Waals surface area contributed by atoms with Crippen molar-refractivity contribution in [3.8, 4) is 6.07 Å². The Kier molecular flexibility index (Phi) is 3.35. The van der Waals surface area contributed by atoms with Crippen LogP contribution in [0.1, 0.15) is 37.8 Å². The molecule has 84 valence electrons.